The van der Waals surface area contributed by atoms with E-state index in [2.05, 4.69) is 32.6 Å². The van der Waals surface area contributed by atoms with Crippen LogP contribution in [0.1, 0.15) is 247 Å². The van der Waals surface area contributed by atoms with E-state index in [4.69, 9.17) is 9.47 Å². The molecule has 1 unspecified atom stereocenters. The predicted octanol–water partition coefficient (Wildman–Crippen LogP) is 14.1. The van der Waals surface area contributed by atoms with Gasteiger partial charge in [-0.1, -0.05) is 163 Å². The second-order valence-corrected chi connectivity index (χ2v) is 15.6. The Morgan fingerprint density at radius 1 is 0.420 bits per heavy atom. The number of nitrogens with zero attached hydrogens (tertiary/aromatic N) is 1. The summed E-state index contributed by atoms with van der Waals surface area (Å²) in [4.78, 5) is 27.4. The minimum absolute atomic E-state index is 0.00758. The molecule has 0 amide bonds. The Labute approximate surface area is 313 Å². The molecular formula is C45H89NO4. The largest absolute Gasteiger partial charge is 0.463 e. The molecule has 0 aromatic carbocycles. The van der Waals surface area contributed by atoms with Crippen molar-refractivity contribution < 1.29 is 19.1 Å². The van der Waals surface area contributed by atoms with Gasteiger partial charge in [-0.3, -0.25) is 9.59 Å². The topological polar surface area (TPSA) is 55.8 Å². The quantitative estimate of drug-likeness (QED) is 0.0469. The van der Waals surface area contributed by atoms with Crippen molar-refractivity contribution in [2.45, 2.75) is 259 Å². The highest BCUT2D eigenvalue weighted by Gasteiger charge is 2.14. The lowest BCUT2D eigenvalue weighted by atomic mass is 10.0. The molecule has 0 spiro atoms. The molecule has 50 heavy (non-hydrogen) atoms. The zero-order valence-corrected chi connectivity index (χ0v) is 34.7. The van der Waals surface area contributed by atoms with Crippen molar-refractivity contribution in [1.29, 1.82) is 0 Å². The lowest BCUT2D eigenvalue weighted by molar-refractivity contribution is -0.150. The molecule has 5 heteroatoms. The normalized spacial score (nSPS) is 12.2. The lowest BCUT2D eigenvalue weighted by Crippen LogP contribution is -2.25. The van der Waals surface area contributed by atoms with Gasteiger partial charge in [0.1, 0.15) is 6.10 Å². The van der Waals surface area contributed by atoms with Crippen molar-refractivity contribution in [3.8, 4) is 0 Å². The molecule has 0 aromatic heterocycles. The Morgan fingerprint density at radius 2 is 0.760 bits per heavy atom. The maximum absolute atomic E-state index is 12.7. The summed E-state index contributed by atoms with van der Waals surface area (Å²) in [6.45, 7) is 14.6. The summed E-state index contributed by atoms with van der Waals surface area (Å²) in [7, 11) is 0. The molecule has 0 aliphatic heterocycles. The van der Waals surface area contributed by atoms with E-state index in [1.165, 1.54) is 167 Å². The molecule has 0 heterocycles. The van der Waals surface area contributed by atoms with Crippen molar-refractivity contribution in [2.24, 2.45) is 0 Å². The molecule has 0 saturated heterocycles. The Bertz CT molecular complexity index is 697. The van der Waals surface area contributed by atoms with Crippen molar-refractivity contribution >= 4 is 11.9 Å². The monoisotopic (exact) mass is 708 g/mol. The average molecular weight is 708 g/mol. The van der Waals surface area contributed by atoms with Crippen LogP contribution in [0.3, 0.4) is 0 Å². The van der Waals surface area contributed by atoms with E-state index in [9.17, 15) is 9.59 Å². The molecule has 0 aromatic rings. The summed E-state index contributed by atoms with van der Waals surface area (Å²) in [5.74, 6) is 0.0317. The fourth-order valence-corrected chi connectivity index (χ4v) is 7.06. The van der Waals surface area contributed by atoms with Gasteiger partial charge in [-0.25, -0.2) is 0 Å². The SMILES string of the molecule is CCCCCCCCC(C)OC(=O)CCCCCCCN(CC)CCCCCCCC(=O)OC(CCCCCCCC)CCCCCCCC. The van der Waals surface area contributed by atoms with E-state index in [0.29, 0.717) is 12.8 Å². The number of ether oxygens (including phenoxy) is 2. The van der Waals surface area contributed by atoms with Crippen LogP contribution in [0.15, 0.2) is 0 Å². The highest BCUT2D eigenvalue weighted by atomic mass is 16.5. The van der Waals surface area contributed by atoms with Gasteiger partial charge in [0.25, 0.3) is 0 Å². The van der Waals surface area contributed by atoms with Crippen molar-refractivity contribution in [2.75, 3.05) is 19.6 Å². The van der Waals surface area contributed by atoms with Gasteiger partial charge >= 0.3 is 11.9 Å². The smallest absolute Gasteiger partial charge is 0.306 e. The Balaban J connectivity index is 3.90. The summed E-state index contributed by atoms with van der Waals surface area (Å²) in [6, 6.07) is 0. The zero-order chi connectivity index (χ0) is 36.8. The van der Waals surface area contributed by atoms with Gasteiger partial charge in [-0.05, 0) is 90.8 Å². The first-order valence-corrected chi connectivity index (χ1v) is 22.6. The Kier molecular flexibility index (Phi) is 38.3. The van der Waals surface area contributed by atoms with Gasteiger partial charge in [0.2, 0.25) is 0 Å². The molecule has 298 valence electrons. The van der Waals surface area contributed by atoms with Crippen LogP contribution in [0.2, 0.25) is 0 Å². The summed E-state index contributed by atoms with van der Waals surface area (Å²) in [5, 5.41) is 0. The highest BCUT2D eigenvalue weighted by molar-refractivity contribution is 5.69. The van der Waals surface area contributed by atoms with E-state index in [-0.39, 0.29) is 24.1 Å². The molecule has 0 aliphatic rings. The molecular weight excluding hydrogens is 618 g/mol. The summed E-state index contributed by atoms with van der Waals surface area (Å²) < 4.78 is 11.7. The van der Waals surface area contributed by atoms with Gasteiger partial charge in [-0.2, -0.15) is 0 Å². The van der Waals surface area contributed by atoms with Crippen LogP contribution in [0.25, 0.3) is 0 Å². The van der Waals surface area contributed by atoms with Crippen LogP contribution in [0.5, 0.6) is 0 Å². The fourth-order valence-electron chi connectivity index (χ4n) is 7.06. The van der Waals surface area contributed by atoms with E-state index in [1.807, 2.05) is 6.92 Å². The third-order valence-corrected chi connectivity index (χ3v) is 10.5. The first-order valence-electron chi connectivity index (χ1n) is 22.6. The van der Waals surface area contributed by atoms with E-state index < -0.39 is 0 Å². The van der Waals surface area contributed by atoms with Crippen LogP contribution in [-0.2, 0) is 19.1 Å². The number of unbranched alkanes of at least 4 members (excludes halogenated alkanes) is 23. The number of hydrogen-bond acceptors (Lipinski definition) is 5. The molecule has 1 atom stereocenters. The first kappa shape index (κ1) is 48.9. The third kappa shape index (κ3) is 35.3. The third-order valence-electron chi connectivity index (χ3n) is 10.5. The van der Waals surface area contributed by atoms with Gasteiger partial charge in [0.15, 0.2) is 0 Å². The van der Waals surface area contributed by atoms with Crippen LogP contribution >= 0.6 is 0 Å². The lowest BCUT2D eigenvalue weighted by Gasteiger charge is -2.20. The molecule has 0 saturated carbocycles. The Hall–Kier alpha value is -1.10. The number of carbonyl (C=O) groups excluding carboxylic acids is 2. The van der Waals surface area contributed by atoms with Crippen molar-refractivity contribution in [1.82, 2.24) is 4.90 Å². The van der Waals surface area contributed by atoms with E-state index in [1.54, 1.807) is 0 Å². The van der Waals surface area contributed by atoms with E-state index in [0.717, 1.165) is 51.5 Å². The van der Waals surface area contributed by atoms with Gasteiger partial charge < -0.3 is 14.4 Å². The molecule has 0 fully saturated rings. The number of esters is 2. The standard InChI is InChI=1S/C45H89NO4/c1-6-10-13-16-21-28-35-42(5)49-44(47)38-31-24-19-26-33-40-46(9-4)41-34-27-20-25-32-39-45(48)50-43(36-29-22-17-14-11-7-2)37-30-23-18-15-12-8-3/h42-43H,6-41H2,1-5H3. The number of carbonyl (C=O) groups is 2. The second kappa shape index (κ2) is 39.1. The van der Waals surface area contributed by atoms with Gasteiger partial charge in [-0.15, -0.1) is 0 Å². The molecule has 0 bridgehead atoms. The average Bonchev–Trinajstić information content (AvgIpc) is 3.10. The summed E-state index contributed by atoms with van der Waals surface area (Å²) >= 11 is 0. The second-order valence-electron chi connectivity index (χ2n) is 15.6. The molecule has 0 aliphatic carbocycles. The highest BCUT2D eigenvalue weighted by Crippen LogP contribution is 2.19. The zero-order valence-electron chi connectivity index (χ0n) is 34.7. The van der Waals surface area contributed by atoms with Crippen LogP contribution in [0, 0.1) is 0 Å². The van der Waals surface area contributed by atoms with Gasteiger partial charge in [0.05, 0.1) is 6.10 Å². The number of hydrogen-bond donors (Lipinski definition) is 0. The van der Waals surface area contributed by atoms with Crippen molar-refractivity contribution in [3.63, 3.8) is 0 Å². The minimum Gasteiger partial charge on any atom is -0.463 e. The maximum atomic E-state index is 12.7. The molecule has 0 rings (SSSR count). The van der Waals surface area contributed by atoms with Crippen molar-refractivity contribution in [3.05, 3.63) is 0 Å². The van der Waals surface area contributed by atoms with Crippen LogP contribution < -0.4 is 0 Å². The minimum atomic E-state index is -0.00758. The molecule has 0 radical (unpaired) electrons. The predicted molar refractivity (Wildman–Crippen MR) is 217 cm³/mol. The Morgan fingerprint density at radius 3 is 1.18 bits per heavy atom. The van der Waals surface area contributed by atoms with Gasteiger partial charge in [0, 0.05) is 12.8 Å². The van der Waals surface area contributed by atoms with E-state index >= 15 is 0 Å². The first-order chi connectivity index (χ1) is 24.5. The maximum Gasteiger partial charge on any atom is 0.306 e. The molecule has 5 nitrogen and oxygen atoms in total. The van der Waals surface area contributed by atoms with Crippen LogP contribution in [-0.4, -0.2) is 48.7 Å². The fraction of sp³-hybridized carbons (Fsp3) is 0.956. The summed E-state index contributed by atoms with van der Waals surface area (Å²) in [6.07, 6.45) is 39.3. The molecule has 0 N–H and O–H groups in total. The number of rotatable bonds is 40. The summed E-state index contributed by atoms with van der Waals surface area (Å²) in [5.41, 5.74) is 0. The van der Waals surface area contributed by atoms with Crippen LogP contribution in [0.4, 0.5) is 0 Å².